The Morgan fingerprint density at radius 1 is 1.37 bits per heavy atom. The van der Waals surface area contributed by atoms with Crippen LogP contribution in [0.25, 0.3) is 0 Å². The van der Waals surface area contributed by atoms with Crippen molar-refractivity contribution in [1.29, 1.82) is 0 Å². The summed E-state index contributed by atoms with van der Waals surface area (Å²) < 4.78 is 5.51. The van der Waals surface area contributed by atoms with E-state index in [2.05, 4.69) is 0 Å². The quantitative estimate of drug-likeness (QED) is 0.835. The SMILES string of the molecule is CC(C)N(CC1(CCN)CCC1)C(=O)OC(C)(C)C. The second-order valence-electron chi connectivity index (χ2n) is 7.09. The molecule has 0 atom stereocenters. The minimum absolute atomic E-state index is 0.157. The molecule has 4 heteroatoms. The van der Waals surface area contributed by atoms with E-state index in [-0.39, 0.29) is 17.6 Å². The molecule has 0 spiro atoms. The molecule has 0 aromatic rings. The number of rotatable bonds is 5. The topological polar surface area (TPSA) is 55.6 Å². The summed E-state index contributed by atoms with van der Waals surface area (Å²) >= 11 is 0. The van der Waals surface area contributed by atoms with Crippen molar-refractivity contribution in [3.05, 3.63) is 0 Å². The highest BCUT2D eigenvalue weighted by molar-refractivity contribution is 5.68. The molecule has 0 aliphatic heterocycles. The summed E-state index contributed by atoms with van der Waals surface area (Å²) in [5.41, 5.74) is 5.51. The average molecular weight is 270 g/mol. The monoisotopic (exact) mass is 270 g/mol. The Kier molecular flexibility index (Phi) is 5.25. The number of carbonyl (C=O) groups is 1. The molecule has 1 rings (SSSR count). The van der Waals surface area contributed by atoms with Gasteiger partial charge in [-0.3, -0.25) is 0 Å². The van der Waals surface area contributed by atoms with Crippen molar-refractivity contribution < 1.29 is 9.53 Å². The minimum Gasteiger partial charge on any atom is -0.444 e. The molecule has 2 N–H and O–H groups in total. The maximum Gasteiger partial charge on any atom is 0.410 e. The number of nitrogens with zero attached hydrogens (tertiary/aromatic N) is 1. The molecule has 19 heavy (non-hydrogen) atoms. The number of nitrogens with two attached hydrogens (primary N) is 1. The van der Waals surface area contributed by atoms with Crippen LogP contribution < -0.4 is 5.73 Å². The Morgan fingerprint density at radius 3 is 2.26 bits per heavy atom. The summed E-state index contributed by atoms with van der Waals surface area (Å²) in [6.45, 7) is 11.3. The average Bonchev–Trinajstić information content (AvgIpc) is 2.18. The summed E-state index contributed by atoms with van der Waals surface area (Å²) in [6, 6.07) is 0.157. The lowest BCUT2D eigenvalue weighted by atomic mass is 9.66. The molecule has 112 valence electrons. The highest BCUT2D eigenvalue weighted by Crippen LogP contribution is 2.44. The lowest BCUT2D eigenvalue weighted by Crippen LogP contribution is -2.49. The fraction of sp³-hybridized carbons (Fsp3) is 0.933. The van der Waals surface area contributed by atoms with E-state index in [9.17, 15) is 4.79 Å². The molecule has 1 aliphatic rings. The number of ether oxygens (including phenoxy) is 1. The molecule has 0 radical (unpaired) electrons. The van der Waals surface area contributed by atoms with Gasteiger partial charge in [0.05, 0.1) is 0 Å². The van der Waals surface area contributed by atoms with Crippen molar-refractivity contribution in [2.75, 3.05) is 13.1 Å². The summed E-state index contributed by atoms with van der Waals surface area (Å²) in [4.78, 5) is 14.2. The Balaban J connectivity index is 2.70. The molecule has 0 aromatic heterocycles. The van der Waals surface area contributed by atoms with E-state index in [1.54, 1.807) is 0 Å². The highest BCUT2D eigenvalue weighted by atomic mass is 16.6. The first-order chi connectivity index (χ1) is 8.69. The van der Waals surface area contributed by atoms with Crippen LogP contribution in [-0.4, -0.2) is 35.7 Å². The molecular formula is C15H30N2O2. The van der Waals surface area contributed by atoms with E-state index in [1.165, 1.54) is 19.3 Å². The standard InChI is InChI=1S/C15H30N2O2/c1-12(2)17(13(18)19-14(3,4)5)11-15(9-10-16)7-6-8-15/h12H,6-11,16H2,1-5H3. The van der Waals surface area contributed by atoms with Gasteiger partial charge in [-0.2, -0.15) is 0 Å². The van der Waals surface area contributed by atoms with Crippen molar-refractivity contribution in [3.63, 3.8) is 0 Å². The van der Waals surface area contributed by atoms with Gasteiger partial charge in [-0.05, 0) is 65.8 Å². The van der Waals surface area contributed by atoms with Crippen LogP contribution in [0.3, 0.4) is 0 Å². The van der Waals surface area contributed by atoms with Crippen molar-refractivity contribution in [2.45, 2.75) is 71.9 Å². The van der Waals surface area contributed by atoms with Gasteiger partial charge < -0.3 is 15.4 Å². The number of carbonyl (C=O) groups excluding carboxylic acids is 1. The molecule has 0 aromatic carbocycles. The number of amides is 1. The smallest absolute Gasteiger partial charge is 0.410 e. The Labute approximate surface area is 117 Å². The number of hydrogen-bond donors (Lipinski definition) is 1. The summed E-state index contributed by atoms with van der Waals surface area (Å²) in [5.74, 6) is 0. The maximum absolute atomic E-state index is 12.3. The van der Waals surface area contributed by atoms with Gasteiger partial charge in [0, 0.05) is 12.6 Å². The van der Waals surface area contributed by atoms with Gasteiger partial charge in [0.15, 0.2) is 0 Å². The third-order valence-electron chi connectivity index (χ3n) is 3.85. The predicted molar refractivity (Wildman–Crippen MR) is 78.0 cm³/mol. The summed E-state index contributed by atoms with van der Waals surface area (Å²) in [5, 5.41) is 0. The summed E-state index contributed by atoms with van der Waals surface area (Å²) in [7, 11) is 0. The first-order valence-corrected chi connectivity index (χ1v) is 7.39. The molecule has 1 amide bonds. The molecule has 1 aliphatic carbocycles. The molecule has 1 saturated carbocycles. The third kappa shape index (κ3) is 4.68. The van der Waals surface area contributed by atoms with Crippen LogP contribution in [0.5, 0.6) is 0 Å². The van der Waals surface area contributed by atoms with Gasteiger partial charge in [0.2, 0.25) is 0 Å². The van der Waals surface area contributed by atoms with E-state index in [0.29, 0.717) is 6.54 Å². The van der Waals surface area contributed by atoms with E-state index in [0.717, 1.165) is 13.0 Å². The van der Waals surface area contributed by atoms with Gasteiger partial charge in [-0.25, -0.2) is 4.79 Å². The van der Waals surface area contributed by atoms with Crippen LogP contribution in [0.1, 0.15) is 60.3 Å². The van der Waals surface area contributed by atoms with Crippen LogP contribution in [0.15, 0.2) is 0 Å². The molecule has 0 unspecified atom stereocenters. The highest BCUT2D eigenvalue weighted by Gasteiger charge is 2.40. The van der Waals surface area contributed by atoms with Crippen LogP contribution in [0.2, 0.25) is 0 Å². The Morgan fingerprint density at radius 2 is 1.95 bits per heavy atom. The van der Waals surface area contributed by atoms with Gasteiger partial charge in [0.25, 0.3) is 0 Å². The fourth-order valence-corrected chi connectivity index (χ4v) is 2.61. The van der Waals surface area contributed by atoms with E-state index in [4.69, 9.17) is 10.5 Å². The zero-order valence-electron chi connectivity index (χ0n) is 13.2. The van der Waals surface area contributed by atoms with E-state index < -0.39 is 5.60 Å². The van der Waals surface area contributed by atoms with Crippen LogP contribution in [0.4, 0.5) is 4.79 Å². The largest absolute Gasteiger partial charge is 0.444 e. The molecule has 1 fully saturated rings. The van der Waals surface area contributed by atoms with Crippen LogP contribution in [0, 0.1) is 5.41 Å². The molecule has 0 saturated heterocycles. The first-order valence-electron chi connectivity index (χ1n) is 7.39. The zero-order valence-corrected chi connectivity index (χ0v) is 13.2. The lowest BCUT2D eigenvalue weighted by molar-refractivity contribution is -0.00595. The fourth-order valence-electron chi connectivity index (χ4n) is 2.61. The lowest BCUT2D eigenvalue weighted by Gasteiger charge is -2.46. The number of hydrogen-bond acceptors (Lipinski definition) is 3. The second kappa shape index (κ2) is 6.12. The van der Waals surface area contributed by atoms with Gasteiger partial charge in [-0.1, -0.05) is 6.42 Å². The molecule has 0 bridgehead atoms. The zero-order chi connectivity index (χ0) is 14.7. The first kappa shape index (κ1) is 16.3. The van der Waals surface area contributed by atoms with Crippen LogP contribution in [-0.2, 0) is 4.74 Å². The Bertz CT molecular complexity index is 304. The molecule has 4 nitrogen and oxygen atoms in total. The summed E-state index contributed by atoms with van der Waals surface area (Å²) in [6.07, 6.45) is 4.40. The van der Waals surface area contributed by atoms with Crippen LogP contribution >= 0.6 is 0 Å². The van der Waals surface area contributed by atoms with Crippen molar-refractivity contribution in [1.82, 2.24) is 4.90 Å². The van der Waals surface area contributed by atoms with Gasteiger partial charge >= 0.3 is 6.09 Å². The second-order valence-corrected chi connectivity index (χ2v) is 7.09. The van der Waals surface area contributed by atoms with E-state index in [1.807, 2.05) is 39.5 Å². The third-order valence-corrected chi connectivity index (χ3v) is 3.85. The van der Waals surface area contributed by atoms with Crippen molar-refractivity contribution in [3.8, 4) is 0 Å². The van der Waals surface area contributed by atoms with Gasteiger partial charge in [-0.15, -0.1) is 0 Å². The van der Waals surface area contributed by atoms with Gasteiger partial charge in [0.1, 0.15) is 5.60 Å². The minimum atomic E-state index is -0.440. The van der Waals surface area contributed by atoms with E-state index >= 15 is 0 Å². The maximum atomic E-state index is 12.3. The Hall–Kier alpha value is -0.770. The predicted octanol–water partition coefficient (Wildman–Crippen LogP) is 3.15. The van der Waals surface area contributed by atoms with Crippen molar-refractivity contribution >= 4 is 6.09 Å². The molecular weight excluding hydrogens is 240 g/mol. The van der Waals surface area contributed by atoms with Crippen molar-refractivity contribution in [2.24, 2.45) is 11.1 Å². The normalized spacial score (nSPS) is 18.1. The molecule has 0 heterocycles.